The van der Waals surface area contributed by atoms with Crippen LogP contribution < -0.4 is 10.1 Å². The van der Waals surface area contributed by atoms with Crippen molar-refractivity contribution in [2.75, 3.05) is 26.7 Å². The maximum absolute atomic E-state index is 5.16. The van der Waals surface area contributed by atoms with Gasteiger partial charge < -0.3 is 10.1 Å². The highest BCUT2D eigenvalue weighted by molar-refractivity contribution is 5.85. The Balaban J connectivity index is 0.00000180. The van der Waals surface area contributed by atoms with Gasteiger partial charge in [0.25, 0.3) is 0 Å². The van der Waals surface area contributed by atoms with Crippen LogP contribution in [0.1, 0.15) is 25.3 Å². The Morgan fingerprint density at radius 3 is 2.55 bits per heavy atom. The Morgan fingerprint density at radius 1 is 1.25 bits per heavy atom. The molecule has 0 aliphatic carbocycles. The van der Waals surface area contributed by atoms with Gasteiger partial charge in [0.2, 0.25) is 0 Å². The third-order valence-corrected chi connectivity index (χ3v) is 3.77. The Labute approximate surface area is 134 Å². The Kier molecular flexibility index (Phi) is 10.0. The molecule has 1 aromatic carbocycles. The van der Waals surface area contributed by atoms with Gasteiger partial charge in [-0.05, 0) is 43.6 Å². The van der Waals surface area contributed by atoms with Crippen LogP contribution in [0, 0.1) is 0 Å². The van der Waals surface area contributed by atoms with E-state index in [1.165, 1.54) is 31.5 Å². The van der Waals surface area contributed by atoms with Gasteiger partial charge in [-0.25, -0.2) is 0 Å². The van der Waals surface area contributed by atoms with Gasteiger partial charge in [0.05, 0.1) is 7.11 Å². The lowest BCUT2D eigenvalue weighted by Gasteiger charge is -2.23. The summed E-state index contributed by atoms with van der Waals surface area (Å²) in [6.07, 6.45) is 2.69. The Bertz CT molecular complexity index is 359. The molecule has 0 saturated carbocycles. The molecule has 0 radical (unpaired) electrons. The number of rotatable bonds is 6. The molecule has 3 nitrogen and oxygen atoms in total. The summed E-state index contributed by atoms with van der Waals surface area (Å²) >= 11 is 0. The van der Waals surface area contributed by atoms with E-state index in [1.807, 2.05) is 12.1 Å². The zero-order chi connectivity index (χ0) is 12.8. The maximum Gasteiger partial charge on any atom is 0.118 e. The molecule has 1 aromatic rings. The number of halogens is 2. The molecular formula is C15H26Cl2N2O. The van der Waals surface area contributed by atoms with Crippen molar-refractivity contribution in [1.29, 1.82) is 0 Å². The van der Waals surface area contributed by atoms with E-state index in [9.17, 15) is 0 Å². The van der Waals surface area contributed by atoms with Gasteiger partial charge in [-0.3, -0.25) is 4.90 Å². The Morgan fingerprint density at radius 2 is 1.95 bits per heavy atom. The molecule has 1 heterocycles. The van der Waals surface area contributed by atoms with Crippen molar-refractivity contribution >= 4 is 24.8 Å². The van der Waals surface area contributed by atoms with Crippen LogP contribution in [0.2, 0.25) is 0 Å². The fourth-order valence-electron chi connectivity index (χ4n) is 2.67. The number of hydrogen-bond acceptors (Lipinski definition) is 3. The second-order valence-electron chi connectivity index (χ2n) is 4.90. The number of hydrogen-bond donors (Lipinski definition) is 1. The van der Waals surface area contributed by atoms with E-state index in [0.29, 0.717) is 0 Å². The van der Waals surface area contributed by atoms with Gasteiger partial charge in [0, 0.05) is 19.1 Å². The number of nitrogens with one attached hydrogen (secondary N) is 1. The number of likely N-dealkylation sites (tertiary alicyclic amines) is 1. The van der Waals surface area contributed by atoms with Crippen LogP contribution in [-0.4, -0.2) is 37.7 Å². The first-order valence-electron chi connectivity index (χ1n) is 6.91. The van der Waals surface area contributed by atoms with E-state index in [1.54, 1.807) is 7.11 Å². The van der Waals surface area contributed by atoms with Gasteiger partial charge >= 0.3 is 0 Å². The lowest BCUT2D eigenvalue weighted by atomic mass is 10.2. The molecule has 0 spiro atoms. The first-order chi connectivity index (χ1) is 8.83. The summed E-state index contributed by atoms with van der Waals surface area (Å²) in [7, 11) is 1.70. The van der Waals surface area contributed by atoms with Gasteiger partial charge in [-0.1, -0.05) is 19.1 Å². The summed E-state index contributed by atoms with van der Waals surface area (Å²) in [5.41, 5.74) is 1.32. The smallest absolute Gasteiger partial charge is 0.118 e. The highest BCUT2D eigenvalue weighted by Crippen LogP contribution is 2.16. The van der Waals surface area contributed by atoms with Gasteiger partial charge in [0.1, 0.15) is 5.75 Å². The zero-order valence-electron chi connectivity index (χ0n) is 12.3. The fraction of sp³-hybridized carbons (Fsp3) is 0.600. The lowest BCUT2D eigenvalue weighted by Crippen LogP contribution is -2.37. The summed E-state index contributed by atoms with van der Waals surface area (Å²) in [6.45, 7) is 6.74. The van der Waals surface area contributed by atoms with E-state index in [4.69, 9.17) is 4.74 Å². The van der Waals surface area contributed by atoms with Crippen LogP contribution in [0.5, 0.6) is 5.75 Å². The van der Waals surface area contributed by atoms with Crippen LogP contribution >= 0.6 is 24.8 Å². The predicted octanol–water partition coefficient (Wildman–Crippen LogP) is 3.11. The predicted molar refractivity (Wildman–Crippen MR) is 89.5 cm³/mol. The molecule has 5 heteroatoms. The molecule has 1 aliphatic rings. The molecule has 0 aromatic heterocycles. The van der Waals surface area contributed by atoms with Crippen molar-refractivity contribution in [3.8, 4) is 5.75 Å². The quantitative estimate of drug-likeness (QED) is 0.871. The number of nitrogens with zero attached hydrogens (tertiary/aromatic N) is 1. The zero-order valence-corrected chi connectivity index (χ0v) is 13.9. The molecule has 0 bridgehead atoms. The molecule has 1 atom stereocenters. The minimum Gasteiger partial charge on any atom is -0.497 e. The van der Waals surface area contributed by atoms with Crippen molar-refractivity contribution < 1.29 is 4.74 Å². The molecular weight excluding hydrogens is 295 g/mol. The standard InChI is InChI=1S/C15H24N2O.2ClH/c1-3-17-10-4-5-14(17)12-16-11-13-6-8-15(18-2)9-7-13;;/h6-9,14,16H,3-5,10-12H2,1-2H3;2*1H. The Hall–Kier alpha value is -0.480. The molecule has 1 saturated heterocycles. The minimum atomic E-state index is 0. The summed E-state index contributed by atoms with van der Waals surface area (Å²) in [4.78, 5) is 2.57. The third kappa shape index (κ3) is 5.49. The van der Waals surface area contributed by atoms with E-state index in [-0.39, 0.29) is 24.8 Å². The highest BCUT2D eigenvalue weighted by Gasteiger charge is 2.21. The second-order valence-corrected chi connectivity index (χ2v) is 4.90. The molecule has 1 aliphatic heterocycles. The monoisotopic (exact) mass is 320 g/mol. The molecule has 0 amide bonds. The SMILES string of the molecule is CCN1CCCC1CNCc1ccc(OC)cc1.Cl.Cl. The van der Waals surface area contributed by atoms with Crippen molar-refractivity contribution in [1.82, 2.24) is 10.2 Å². The average molecular weight is 321 g/mol. The second kappa shape index (κ2) is 10.3. The lowest BCUT2D eigenvalue weighted by molar-refractivity contribution is 0.260. The van der Waals surface area contributed by atoms with Gasteiger partial charge in [0.15, 0.2) is 0 Å². The first kappa shape index (κ1) is 19.5. The van der Waals surface area contributed by atoms with Crippen molar-refractivity contribution in [3.05, 3.63) is 29.8 Å². The van der Waals surface area contributed by atoms with Crippen molar-refractivity contribution in [3.63, 3.8) is 0 Å². The molecule has 116 valence electrons. The topological polar surface area (TPSA) is 24.5 Å². The van der Waals surface area contributed by atoms with E-state index < -0.39 is 0 Å². The summed E-state index contributed by atoms with van der Waals surface area (Å²) in [5, 5.41) is 3.56. The van der Waals surface area contributed by atoms with Gasteiger partial charge in [-0.2, -0.15) is 0 Å². The molecule has 1 N–H and O–H groups in total. The number of likely N-dealkylation sites (N-methyl/N-ethyl adjacent to an activating group) is 1. The van der Waals surface area contributed by atoms with E-state index in [2.05, 4.69) is 29.3 Å². The van der Waals surface area contributed by atoms with Crippen LogP contribution in [-0.2, 0) is 6.54 Å². The van der Waals surface area contributed by atoms with Crippen molar-refractivity contribution in [2.45, 2.75) is 32.4 Å². The number of ether oxygens (including phenoxy) is 1. The van der Waals surface area contributed by atoms with Gasteiger partial charge in [-0.15, -0.1) is 24.8 Å². The van der Waals surface area contributed by atoms with Crippen LogP contribution in [0.3, 0.4) is 0 Å². The highest BCUT2D eigenvalue weighted by atomic mass is 35.5. The van der Waals surface area contributed by atoms with Crippen LogP contribution in [0.15, 0.2) is 24.3 Å². The van der Waals surface area contributed by atoms with Crippen LogP contribution in [0.25, 0.3) is 0 Å². The van der Waals surface area contributed by atoms with E-state index in [0.717, 1.165) is 24.9 Å². The minimum absolute atomic E-state index is 0. The molecule has 1 unspecified atom stereocenters. The number of benzene rings is 1. The maximum atomic E-state index is 5.16. The third-order valence-electron chi connectivity index (χ3n) is 3.77. The largest absolute Gasteiger partial charge is 0.497 e. The van der Waals surface area contributed by atoms with E-state index >= 15 is 0 Å². The molecule has 2 rings (SSSR count). The summed E-state index contributed by atoms with van der Waals surface area (Å²) < 4.78 is 5.16. The normalized spacial score (nSPS) is 18.2. The summed E-state index contributed by atoms with van der Waals surface area (Å²) in [5.74, 6) is 0.923. The average Bonchev–Trinajstić information content (AvgIpc) is 2.87. The first-order valence-corrected chi connectivity index (χ1v) is 6.91. The number of methoxy groups -OCH3 is 1. The molecule has 1 fully saturated rings. The fourth-order valence-corrected chi connectivity index (χ4v) is 2.67. The molecule has 20 heavy (non-hydrogen) atoms. The van der Waals surface area contributed by atoms with Crippen molar-refractivity contribution in [2.24, 2.45) is 0 Å². The summed E-state index contributed by atoms with van der Waals surface area (Å²) in [6, 6.07) is 9.01. The van der Waals surface area contributed by atoms with Crippen LogP contribution in [0.4, 0.5) is 0 Å².